The maximum absolute atomic E-state index is 12.2. The highest BCUT2D eigenvalue weighted by Gasteiger charge is 2.22. The third kappa shape index (κ3) is 4.66. The number of benzene rings is 1. The van der Waals surface area contributed by atoms with Crippen molar-refractivity contribution in [2.24, 2.45) is 5.92 Å². The van der Waals surface area contributed by atoms with E-state index in [0.717, 1.165) is 10.2 Å². The summed E-state index contributed by atoms with van der Waals surface area (Å²) in [6, 6.07) is 6.56. The van der Waals surface area contributed by atoms with Crippen LogP contribution in [0.3, 0.4) is 0 Å². The molecule has 1 aromatic heterocycles. The molecule has 0 radical (unpaired) electrons. The maximum Gasteiger partial charge on any atom is 0.326 e. The summed E-state index contributed by atoms with van der Waals surface area (Å²) in [5, 5.41) is 15.9. The second-order valence-corrected chi connectivity index (χ2v) is 6.56. The van der Waals surface area contributed by atoms with E-state index < -0.39 is 17.9 Å². The molecule has 6 nitrogen and oxygen atoms in total. The first-order valence-electron chi connectivity index (χ1n) is 7.21. The van der Waals surface area contributed by atoms with E-state index in [1.807, 2.05) is 38.1 Å². The molecule has 0 aliphatic rings. The van der Waals surface area contributed by atoms with E-state index in [0.29, 0.717) is 12.0 Å². The van der Waals surface area contributed by atoms with Crippen LogP contribution >= 0.6 is 15.9 Å². The molecule has 0 saturated heterocycles. The second-order valence-electron chi connectivity index (χ2n) is 5.64. The fraction of sp³-hybridized carbons (Fsp3) is 0.312. The van der Waals surface area contributed by atoms with E-state index in [1.54, 1.807) is 10.9 Å². The molecule has 1 heterocycles. The van der Waals surface area contributed by atoms with Crippen molar-refractivity contribution in [3.05, 3.63) is 46.7 Å². The summed E-state index contributed by atoms with van der Waals surface area (Å²) in [7, 11) is 0. The molecule has 2 rings (SSSR count). The summed E-state index contributed by atoms with van der Waals surface area (Å²) < 4.78 is 2.52. The average Bonchev–Trinajstić information content (AvgIpc) is 2.96. The van der Waals surface area contributed by atoms with Crippen LogP contribution < -0.4 is 5.32 Å². The minimum atomic E-state index is -1.03. The summed E-state index contributed by atoms with van der Waals surface area (Å²) in [4.78, 5) is 23.4. The van der Waals surface area contributed by atoms with Crippen molar-refractivity contribution in [1.82, 2.24) is 15.1 Å². The highest BCUT2D eigenvalue weighted by Crippen LogP contribution is 2.14. The Kier molecular flexibility index (Phi) is 5.54. The maximum atomic E-state index is 12.2. The molecule has 0 spiro atoms. The molecule has 122 valence electrons. The number of hydrogen-bond donors (Lipinski definition) is 2. The first-order chi connectivity index (χ1) is 10.9. The van der Waals surface area contributed by atoms with Gasteiger partial charge in [-0.05, 0) is 36.6 Å². The van der Waals surface area contributed by atoms with Crippen molar-refractivity contribution >= 4 is 27.8 Å². The van der Waals surface area contributed by atoms with Gasteiger partial charge >= 0.3 is 5.97 Å². The molecule has 0 fully saturated rings. The summed E-state index contributed by atoms with van der Waals surface area (Å²) in [5.74, 6) is -1.31. The fourth-order valence-corrected chi connectivity index (χ4v) is 2.37. The molecule has 0 aliphatic heterocycles. The third-order valence-corrected chi connectivity index (χ3v) is 3.78. The quantitative estimate of drug-likeness (QED) is 0.807. The van der Waals surface area contributed by atoms with Crippen LogP contribution in [0.5, 0.6) is 0 Å². The molecule has 1 atom stereocenters. The van der Waals surface area contributed by atoms with E-state index >= 15 is 0 Å². The monoisotopic (exact) mass is 379 g/mol. The molecular weight excluding hydrogens is 362 g/mol. The second kappa shape index (κ2) is 7.41. The SMILES string of the molecule is CC(C)CC(NC(=O)c1cnn(-c2ccc(Br)cc2)c1)C(=O)O. The number of aromatic nitrogens is 2. The number of carboxylic acid groups (broad SMARTS) is 1. The van der Waals surface area contributed by atoms with Gasteiger partial charge in [0.15, 0.2) is 0 Å². The predicted octanol–water partition coefficient (Wildman–Crippen LogP) is 2.86. The summed E-state index contributed by atoms with van der Waals surface area (Å²) in [5.41, 5.74) is 1.13. The van der Waals surface area contributed by atoms with Gasteiger partial charge in [0.05, 0.1) is 17.4 Å². The van der Waals surface area contributed by atoms with Gasteiger partial charge in [-0.25, -0.2) is 9.48 Å². The van der Waals surface area contributed by atoms with Crippen LogP contribution in [0, 0.1) is 5.92 Å². The number of amides is 1. The zero-order chi connectivity index (χ0) is 17.0. The topological polar surface area (TPSA) is 84.2 Å². The summed E-state index contributed by atoms with van der Waals surface area (Å²) in [6.45, 7) is 3.82. The lowest BCUT2D eigenvalue weighted by Crippen LogP contribution is -2.41. The molecule has 0 aliphatic carbocycles. The number of carbonyl (C=O) groups excluding carboxylic acids is 1. The van der Waals surface area contributed by atoms with Gasteiger partial charge < -0.3 is 10.4 Å². The van der Waals surface area contributed by atoms with Crippen LogP contribution in [0.4, 0.5) is 0 Å². The van der Waals surface area contributed by atoms with E-state index in [4.69, 9.17) is 0 Å². The number of rotatable bonds is 6. The molecule has 0 bridgehead atoms. The Hall–Kier alpha value is -2.15. The van der Waals surface area contributed by atoms with Gasteiger partial charge in [0, 0.05) is 10.7 Å². The van der Waals surface area contributed by atoms with Crippen molar-refractivity contribution in [3.63, 3.8) is 0 Å². The largest absolute Gasteiger partial charge is 0.480 e. The van der Waals surface area contributed by atoms with Crippen LogP contribution in [0.15, 0.2) is 41.1 Å². The Morgan fingerprint density at radius 1 is 1.30 bits per heavy atom. The van der Waals surface area contributed by atoms with E-state index in [9.17, 15) is 14.7 Å². The Balaban J connectivity index is 2.11. The highest BCUT2D eigenvalue weighted by molar-refractivity contribution is 9.10. The molecule has 1 unspecified atom stereocenters. The zero-order valence-electron chi connectivity index (χ0n) is 12.9. The smallest absolute Gasteiger partial charge is 0.326 e. The standard InChI is InChI=1S/C16H18BrN3O3/c1-10(2)7-14(16(22)23)19-15(21)11-8-18-20(9-11)13-5-3-12(17)4-6-13/h3-6,8-10,14H,7H2,1-2H3,(H,19,21)(H,22,23). The minimum absolute atomic E-state index is 0.168. The van der Waals surface area contributed by atoms with Gasteiger partial charge in [-0.3, -0.25) is 4.79 Å². The Morgan fingerprint density at radius 2 is 1.96 bits per heavy atom. The van der Waals surface area contributed by atoms with E-state index in [2.05, 4.69) is 26.3 Å². The van der Waals surface area contributed by atoms with Gasteiger partial charge in [-0.1, -0.05) is 29.8 Å². The first kappa shape index (κ1) is 17.2. The number of carbonyl (C=O) groups is 2. The molecule has 23 heavy (non-hydrogen) atoms. The lowest BCUT2D eigenvalue weighted by Gasteiger charge is -2.15. The van der Waals surface area contributed by atoms with Crippen molar-refractivity contribution in [1.29, 1.82) is 0 Å². The summed E-state index contributed by atoms with van der Waals surface area (Å²) >= 11 is 3.36. The third-order valence-electron chi connectivity index (χ3n) is 3.25. The molecule has 1 aromatic carbocycles. The van der Waals surface area contributed by atoms with E-state index in [1.165, 1.54) is 6.20 Å². The van der Waals surface area contributed by atoms with Gasteiger partial charge in [0.2, 0.25) is 0 Å². The van der Waals surface area contributed by atoms with Crippen LogP contribution in [0.1, 0.15) is 30.6 Å². The number of aliphatic carboxylic acids is 1. The van der Waals surface area contributed by atoms with Crippen LogP contribution in [-0.4, -0.2) is 32.8 Å². The number of carboxylic acids is 1. The van der Waals surface area contributed by atoms with Crippen molar-refractivity contribution in [2.75, 3.05) is 0 Å². The Morgan fingerprint density at radius 3 is 2.52 bits per heavy atom. The van der Waals surface area contributed by atoms with Crippen molar-refractivity contribution in [3.8, 4) is 5.69 Å². The highest BCUT2D eigenvalue weighted by atomic mass is 79.9. The molecule has 1 amide bonds. The van der Waals surface area contributed by atoms with Crippen LogP contribution in [0.25, 0.3) is 5.69 Å². The molecular formula is C16H18BrN3O3. The van der Waals surface area contributed by atoms with Gasteiger partial charge in [-0.2, -0.15) is 5.10 Å². The number of halogens is 1. The molecule has 2 aromatic rings. The Labute approximate surface area is 142 Å². The fourth-order valence-electron chi connectivity index (χ4n) is 2.11. The number of hydrogen-bond acceptors (Lipinski definition) is 3. The van der Waals surface area contributed by atoms with Gasteiger partial charge in [0.25, 0.3) is 5.91 Å². The normalized spacial score (nSPS) is 12.2. The lowest BCUT2D eigenvalue weighted by atomic mass is 10.0. The lowest BCUT2D eigenvalue weighted by molar-refractivity contribution is -0.139. The predicted molar refractivity (Wildman–Crippen MR) is 89.6 cm³/mol. The minimum Gasteiger partial charge on any atom is -0.480 e. The van der Waals surface area contributed by atoms with Crippen molar-refractivity contribution < 1.29 is 14.7 Å². The van der Waals surface area contributed by atoms with Gasteiger partial charge in [0.1, 0.15) is 6.04 Å². The zero-order valence-corrected chi connectivity index (χ0v) is 14.4. The van der Waals surface area contributed by atoms with Crippen molar-refractivity contribution in [2.45, 2.75) is 26.3 Å². The molecule has 2 N–H and O–H groups in total. The number of nitrogens with zero attached hydrogens (tertiary/aromatic N) is 2. The first-order valence-corrected chi connectivity index (χ1v) is 8.00. The molecule has 0 saturated carbocycles. The molecule has 7 heteroatoms. The van der Waals surface area contributed by atoms with Crippen LogP contribution in [0.2, 0.25) is 0 Å². The van der Waals surface area contributed by atoms with Crippen LogP contribution in [-0.2, 0) is 4.79 Å². The van der Waals surface area contributed by atoms with Gasteiger partial charge in [-0.15, -0.1) is 0 Å². The summed E-state index contributed by atoms with van der Waals surface area (Å²) in [6.07, 6.45) is 3.38. The Bertz CT molecular complexity index is 695. The van der Waals surface area contributed by atoms with E-state index in [-0.39, 0.29) is 5.92 Å². The number of nitrogens with one attached hydrogen (secondary N) is 1. The average molecular weight is 380 g/mol.